The van der Waals surface area contributed by atoms with Crippen LogP contribution < -0.4 is 5.30 Å². The maximum absolute atomic E-state index is 14.5. The van der Waals surface area contributed by atoms with Gasteiger partial charge in [-0.15, -0.1) is 9.24 Å². The molecule has 0 aliphatic carbocycles. The number of benzene rings is 2. The van der Waals surface area contributed by atoms with E-state index in [1.54, 1.807) is 12.1 Å². The Morgan fingerprint density at radius 2 is 1.87 bits per heavy atom. The smallest absolute Gasteiger partial charge is 0.165 e. The van der Waals surface area contributed by atoms with Gasteiger partial charge in [0.1, 0.15) is 5.82 Å². The second-order valence-corrected chi connectivity index (χ2v) is 7.50. The van der Waals surface area contributed by atoms with E-state index in [2.05, 4.69) is 25.2 Å². The van der Waals surface area contributed by atoms with Crippen LogP contribution in [0, 0.1) is 17.5 Å². The van der Waals surface area contributed by atoms with Gasteiger partial charge in [0.25, 0.3) is 0 Å². The highest BCUT2D eigenvalue weighted by Gasteiger charge is 2.23. The van der Waals surface area contributed by atoms with Gasteiger partial charge in [-0.25, -0.2) is 13.2 Å². The minimum Gasteiger partial charge on any atom is -0.373 e. The van der Waals surface area contributed by atoms with Crippen molar-refractivity contribution in [2.45, 2.75) is 23.8 Å². The summed E-state index contributed by atoms with van der Waals surface area (Å²) in [6, 6.07) is 7.19. The predicted molar refractivity (Wildman–Crippen MR) is 91.7 cm³/mol. The average Bonchev–Trinajstić information content (AvgIpc) is 2.52. The molecule has 0 radical (unpaired) electrons. The highest BCUT2D eigenvalue weighted by atomic mass is 79.9. The van der Waals surface area contributed by atoms with Crippen molar-refractivity contribution >= 4 is 30.5 Å². The minimum atomic E-state index is -0.992. The van der Waals surface area contributed by atoms with Crippen LogP contribution in [0.4, 0.5) is 13.2 Å². The number of hydrogen-bond acceptors (Lipinski definition) is 1. The van der Waals surface area contributed by atoms with E-state index in [9.17, 15) is 13.2 Å². The summed E-state index contributed by atoms with van der Waals surface area (Å²) in [6.45, 7) is 0.629. The van der Waals surface area contributed by atoms with Gasteiger partial charge in [-0.2, -0.15) is 0 Å². The first-order valence-corrected chi connectivity index (χ1v) is 8.75. The van der Waals surface area contributed by atoms with Gasteiger partial charge < -0.3 is 4.74 Å². The molecule has 1 nitrogen and oxygen atoms in total. The molecule has 1 heterocycles. The molecule has 122 valence electrons. The summed E-state index contributed by atoms with van der Waals surface area (Å²) in [6.07, 6.45) is 1.56. The molecule has 1 fully saturated rings. The Labute approximate surface area is 143 Å². The lowest BCUT2D eigenvalue weighted by molar-refractivity contribution is 0.0185. The van der Waals surface area contributed by atoms with Gasteiger partial charge in [-0.3, -0.25) is 0 Å². The Bertz CT molecular complexity index is 715. The number of ether oxygens (including phenoxy) is 1. The molecule has 2 aromatic rings. The summed E-state index contributed by atoms with van der Waals surface area (Å²) in [7, 11) is 2.12. The van der Waals surface area contributed by atoms with Crippen molar-refractivity contribution in [1.29, 1.82) is 0 Å². The molecule has 0 amide bonds. The molecule has 1 aliphatic rings. The minimum absolute atomic E-state index is 0.0706. The maximum atomic E-state index is 14.5. The van der Waals surface area contributed by atoms with E-state index in [1.165, 1.54) is 12.1 Å². The number of halogens is 4. The monoisotopic (exact) mass is 402 g/mol. The third-order valence-electron chi connectivity index (χ3n) is 3.95. The molecule has 0 saturated carbocycles. The van der Waals surface area contributed by atoms with Gasteiger partial charge in [0.05, 0.1) is 6.10 Å². The van der Waals surface area contributed by atoms with Gasteiger partial charge in [-0.05, 0) is 42.2 Å². The molecule has 0 N–H and O–H groups in total. The van der Waals surface area contributed by atoms with Crippen molar-refractivity contribution in [3.63, 3.8) is 0 Å². The van der Waals surface area contributed by atoms with Crippen LogP contribution in [0.15, 0.2) is 30.3 Å². The predicted octanol–water partition coefficient (Wildman–Crippen LogP) is 4.89. The molecule has 6 heteroatoms. The fraction of sp³-hybridized carbons (Fsp3) is 0.294. The van der Waals surface area contributed by atoms with Crippen molar-refractivity contribution in [3.05, 3.63) is 53.3 Å². The molecule has 3 unspecified atom stereocenters. The third-order valence-corrected chi connectivity index (χ3v) is 5.20. The molecular weight excluding hydrogens is 388 g/mol. The standard InChI is InChI=1S/C17H15BrF3OP/c18-11-3-4-22-15(8-11)9-1-2-12(13(19)5-9)10-6-14(20)17(21)16(23)7-10/h1-2,5-7,11,15H,3-4,8,23H2. The highest BCUT2D eigenvalue weighted by Crippen LogP contribution is 2.34. The first-order chi connectivity index (χ1) is 11.0. The molecule has 0 spiro atoms. The van der Waals surface area contributed by atoms with Gasteiger partial charge in [0.2, 0.25) is 0 Å². The summed E-state index contributed by atoms with van der Waals surface area (Å²) in [4.78, 5) is 0.356. The Morgan fingerprint density at radius 1 is 1.09 bits per heavy atom. The van der Waals surface area contributed by atoms with Crippen LogP contribution in [0.5, 0.6) is 0 Å². The lowest BCUT2D eigenvalue weighted by Crippen LogP contribution is -2.19. The largest absolute Gasteiger partial charge is 0.373 e. The SMILES string of the molecule is Fc1cc(C2CC(Br)CCO2)ccc1-c1cc(F)c(F)c(P)c1. The Kier molecular flexibility index (Phi) is 5.10. The molecule has 0 aromatic heterocycles. The number of rotatable bonds is 2. The van der Waals surface area contributed by atoms with E-state index in [0.29, 0.717) is 17.0 Å². The fourth-order valence-electron chi connectivity index (χ4n) is 2.72. The summed E-state index contributed by atoms with van der Waals surface area (Å²) >= 11 is 3.57. The van der Waals surface area contributed by atoms with Crippen LogP contribution in [0.1, 0.15) is 24.5 Å². The van der Waals surface area contributed by atoms with Crippen molar-refractivity contribution in [3.8, 4) is 11.1 Å². The van der Waals surface area contributed by atoms with Crippen molar-refractivity contribution in [1.82, 2.24) is 0 Å². The van der Waals surface area contributed by atoms with E-state index in [4.69, 9.17) is 4.74 Å². The second-order valence-electron chi connectivity index (χ2n) is 5.58. The molecule has 0 bridgehead atoms. The van der Waals surface area contributed by atoms with Gasteiger partial charge >= 0.3 is 0 Å². The number of hydrogen-bond donors (Lipinski definition) is 0. The van der Waals surface area contributed by atoms with Crippen molar-refractivity contribution < 1.29 is 17.9 Å². The topological polar surface area (TPSA) is 9.23 Å². The zero-order valence-corrected chi connectivity index (χ0v) is 14.9. The molecule has 1 saturated heterocycles. The molecule has 3 atom stereocenters. The normalized spacial score (nSPS) is 21.4. The number of alkyl halides is 1. The Morgan fingerprint density at radius 3 is 2.52 bits per heavy atom. The molecule has 2 aromatic carbocycles. The second kappa shape index (κ2) is 6.92. The fourth-order valence-corrected chi connectivity index (χ4v) is 3.56. The summed E-state index contributed by atoms with van der Waals surface area (Å²) in [5.74, 6) is -2.40. The zero-order valence-electron chi connectivity index (χ0n) is 12.2. The molecule has 23 heavy (non-hydrogen) atoms. The maximum Gasteiger partial charge on any atom is 0.165 e. The molecule has 3 rings (SSSR count). The summed E-state index contributed by atoms with van der Waals surface area (Å²) in [5, 5.41) is 0.0706. The van der Waals surface area contributed by atoms with Crippen molar-refractivity contribution in [2.75, 3.05) is 6.61 Å². The van der Waals surface area contributed by atoms with Crippen LogP contribution in [0.25, 0.3) is 11.1 Å². The van der Waals surface area contributed by atoms with Crippen LogP contribution in [-0.4, -0.2) is 11.4 Å². The van der Waals surface area contributed by atoms with Crippen LogP contribution in [0.2, 0.25) is 0 Å². The molecular formula is C17H15BrF3OP. The first-order valence-electron chi connectivity index (χ1n) is 7.25. The van der Waals surface area contributed by atoms with Crippen molar-refractivity contribution in [2.24, 2.45) is 0 Å². The highest BCUT2D eigenvalue weighted by molar-refractivity contribution is 9.09. The third kappa shape index (κ3) is 3.62. The average molecular weight is 403 g/mol. The van der Waals surface area contributed by atoms with Crippen LogP contribution in [-0.2, 0) is 4.74 Å². The lowest BCUT2D eigenvalue weighted by atomic mass is 9.97. The van der Waals surface area contributed by atoms with E-state index < -0.39 is 17.5 Å². The van der Waals surface area contributed by atoms with Gasteiger partial charge in [0, 0.05) is 22.3 Å². The van der Waals surface area contributed by atoms with E-state index >= 15 is 0 Å². The summed E-state index contributed by atoms with van der Waals surface area (Å²) < 4.78 is 47.0. The quantitative estimate of drug-likeness (QED) is 0.513. The van der Waals surface area contributed by atoms with Crippen LogP contribution in [0.3, 0.4) is 0 Å². The Balaban J connectivity index is 1.93. The molecule has 1 aliphatic heterocycles. The van der Waals surface area contributed by atoms with Gasteiger partial charge in [0.15, 0.2) is 11.6 Å². The van der Waals surface area contributed by atoms with E-state index in [1.807, 2.05) is 0 Å². The zero-order chi connectivity index (χ0) is 16.6. The summed E-state index contributed by atoms with van der Waals surface area (Å²) in [5.41, 5.74) is 1.30. The lowest BCUT2D eigenvalue weighted by Gasteiger charge is -2.26. The first kappa shape index (κ1) is 16.9. The van der Waals surface area contributed by atoms with Crippen LogP contribution >= 0.6 is 25.2 Å². The van der Waals surface area contributed by atoms with E-state index in [0.717, 1.165) is 24.5 Å². The van der Waals surface area contributed by atoms with Gasteiger partial charge in [-0.1, -0.05) is 28.1 Å². The Hall–Kier alpha value is -0.900. The van der Waals surface area contributed by atoms with E-state index in [-0.39, 0.29) is 17.0 Å².